The highest BCUT2D eigenvalue weighted by molar-refractivity contribution is 6.12. The number of aromatic amines is 1. The molecule has 2 aromatic heterocycles. The lowest BCUT2D eigenvalue weighted by Gasteiger charge is -2.10. The number of hydrogen-bond acceptors (Lipinski definition) is 3. The molecule has 0 unspecified atom stereocenters. The minimum absolute atomic E-state index is 0.133. The number of carbonyl (C=O) groups is 1. The molecule has 122 valence electrons. The summed E-state index contributed by atoms with van der Waals surface area (Å²) in [6.45, 7) is 0. The number of nitrogens with zero attached hydrogens (tertiary/aromatic N) is 1. The Labute approximate surface area is 140 Å². The van der Waals surface area contributed by atoms with Crippen LogP contribution in [-0.4, -0.2) is 23.0 Å². The predicted octanol–water partition coefficient (Wildman–Crippen LogP) is 3.70. The number of hydrogen-bond donors (Lipinski definition) is 2. The Morgan fingerprint density at radius 1 is 1.21 bits per heavy atom. The highest BCUT2D eigenvalue weighted by Gasteiger charge is 2.19. The van der Waals surface area contributed by atoms with Crippen molar-refractivity contribution in [3.05, 3.63) is 53.3 Å². The van der Waals surface area contributed by atoms with Crippen LogP contribution in [0, 0.1) is 0 Å². The van der Waals surface area contributed by atoms with Crippen molar-refractivity contribution in [2.45, 2.75) is 25.7 Å². The van der Waals surface area contributed by atoms with Crippen LogP contribution in [0.1, 0.15) is 34.5 Å². The largest absolute Gasteiger partial charge is 0.481 e. The molecule has 0 saturated carbocycles. The van der Waals surface area contributed by atoms with Gasteiger partial charge in [0.05, 0.1) is 30.1 Å². The number of H-pyrrole nitrogens is 1. The van der Waals surface area contributed by atoms with Gasteiger partial charge in [-0.25, -0.2) is 4.98 Å². The maximum Gasteiger partial charge on any atom is 0.257 e. The van der Waals surface area contributed by atoms with Gasteiger partial charge in [-0.3, -0.25) is 4.79 Å². The van der Waals surface area contributed by atoms with E-state index in [1.807, 2.05) is 12.1 Å². The van der Waals surface area contributed by atoms with Crippen molar-refractivity contribution in [2.75, 3.05) is 12.4 Å². The van der Waals surface area contributed by atoms with Crippen molar-refractivity contribution in [1.82, 2.24) is 9.97 Å². The van der Waals surface area contributed by atoms with Gasteiger partial charge in [-0.2, -0.15) is 0 Å². The first-order valence-corrected chi connectivity index (χ1v) is 8.20. The number of pyridine rings is 1. The molecule has 0 fully saturated rings. The summed E-state index contributed by atoms with van der Waals surface area (Å²) in [5.41, 5.74) is 4.90. The fraction of sp³-hybridized carbons (Fsp3) is 0.263. The van der Waals surface area contributed by atoms with Gasteiger partial charge in [0, 0.05) is 17.1 Å². The fourth-order valence-electron chi connectivity index (χ4n) is 3.39. The number of aromatic nitrogens is 2. The molecule has 0 bridgehead atoms. The van der Waals surface area contributed by atoms with Crippen molar-refractivity contribution in [3.8, 4) is 5.88 Å². The molecule has 2 N–H and O–H groups in total. The highest BCUT2D eigenvalue weighted by Crippen LogP contribution is 2.31. The molecule has 4 rings (SSSR count). The number of aryl methyl sites for hydroxylation is 2. The van der Waals surface area contributed by atoms with Crippen molar-refractivity contribution in [2.24, 2.45) is 0 Å². The third-order valence-corrected chi connectivity index (χ3v) is 4.58. The number of benzene rings is 1. The number of amides is 1. The van der Waals surface area contributed by atoms with E-state index in [1.165, 1.54) is 29.5 Å². The Kier molecular flexibility index (Phi) is 3.69. The number of nitrogens with one attached hydrogen (secondary N) is 2. The monoisotopic (exact) mass is 321 g/mol. The summed E-state index contributed by atoms with van der Waals surface area (Å²) in [5, 5.41) is 4.08. The van der Waals surface area contributed by atoms with E-state index in [1.54, 1.807) is 25.4 Å². The van der Waals surface area contributed by atoms with Gasteiger partial charge in [0.2, 0.25) is 5.88 Å². The van der Waals surface area contributed by atoms with E-state index >= 15 is 0 Å². The van der Waals surface area contributed by atoms with Gasteiger partial charge < -0.3 is 15.0 Å². The van der Waals surface area contributed by atoms with E-state index in [9.17, 15) is 4.79 Å². The number of para-hydroxylation sites is 1. The lowest BCUT2D eigenvalue weighted by Crippen LogP contribution is -2.12. The molecule has 0 saturated heterocycles. The van der Waals surface area contributed by atoms with Crippen molar-refractivity contribution >= 4 is 22.5 Å². The first kappa shape index (κ1) is 14.8. The second-order valence-corrected chi connectivity index (χ2v) is 6.06. The number of methoxy groups -OCH3 is 1. The van der Waals surface area contributed by atoms with Gasteiger partial charge in [0.25, 0.3) is 5.91 Å². The highest BCUT2D eigenvalue weighted by atomic mass is 16.5. The smallest absolute Gasteiger partial charge is 0.257 e. The van der Waals surface area contributed by atoms with E-state index in [0.717, 1.165) is 18.4 Å². The number of anilines is 1. The summed E-state index contributed by atoms with van der Waals surface area (Å²) < 4.78 is 5.03. The van der Waals surface area contributed by atoms with Gasteiger partial charge in [-0.15, -0.1) is 0 Å². The summed E-state index contributed by atoms with van der Waals surface area (Å²) in [6, 6.07) is 9.41. The number of carbonyl (C=O) groups excluding carboxylic acids is 1. The molecule has 0 radical (unpaired) electrons. The third kappa shape index (κ3) is 2.52. The summed E-state index contributed by atoms with van der Waals surface area (Å²) >= 11 is 0. The summed E-state index contributed by atoms with van der Waals surface area (Å²) in [4.78, 5) is 20.3. The zero-order chi connectivity index (χ0) is 16.5. The minimum atomic E-state index is -0.133. The molecule has 24 heavy (non-hydrogen) atoms. The Morgan fingerprint density at radius 2 is 2.08 bits per heavy atom. The molecule has 5 heteroatoms. The number of fused-ring (bicyclic) bond motifs is 3. The summed E-state index contributed by atoms with van der Waals surface area (Å²) in [5.74, 6) is 0.387. The molecule has 1 aliphatic rings. The molecule has 1 amide bonds. The van der Waals surface area contributed by atoms with Crippen LogP contribution in [0.15, 0.2) is 36.5 Å². The topological polar surface area (TPSA) is 67.0 Å². The second kappa shape index (κ2) is 6.00. The van der Waals surface area contributed by atoms with Crippen LogP contribution in [-0.2, 0) is 12.8 Å². The van der Waals surface area contributed by atoms with Crippen LogP contribution in [0.2, 0.25) is 0 Å². The van der Waals surface area contributed by atoms with E-state index < -0.39 is 0 Å². The minimum Gasteiger partial charge on any atom is -0.481 e. The van der Waals surface area contributed by atoms with E-state index in [4.69, 9.17) is 4.74 Å². The van der Waals surface area contributed by atoms with Gasteiger partial charge in [-0.1, -0.05) is 12.1 Å². The SMILES string of the molecule is COc1ccc(NC(=O)c2cccc3c4c([nH]c23)CCCC4)cn1. The molecule has 3 aromatic rings. The van der Waals surface area contributed by atoms with Crippen LogP contribution >= 0.6 is 0 Å². The molecule has 1 aromatic carbocycles. The first-order chi connectivity index (χ1) is 11.8. The lowest BCUT2D eigenvalue weighted by atomic mass is 9.95. The van der Waals surface area contributed by atoms with Crippen molar-refractivity contribution in [1.29, 1.82) is 0 Å². The standard InChI is InChI=1S/C19H19N3O2/c1-24-17-10-9-12(11-20-17)21-19(23)15-7-4-6-14-13-5-2-3-8-16(13)22-18(14)15/h4,6-7,9-11,22H,2-3,5,8H2,1H3,(H,21,23). The van der Waals surface area contributed by atoms with Gasteiger partial charge in [-0.05, 0) is 43.4 Å². The zero-order valence-corrected chi connectivity index (χ0v) is 13.6. The van der Waals surface area contributed by atoms with Crippen LogP contribution in [0.5, 0.6) is 5.88 Å². The van der Waals surface area contributed by atoms with Crippen LogP contribution in [0.4, 0.5) is 5.69 Å². The lowest BCUT2D eigenvalue weighted by molar-refractivity contribution is 0.102. The molecule has 0 aliphatic heterocycles. The Morgan fingerprint density at radius 3 is 2.88 bits per heavy atom. The first-order valence-electron chi connectivity index (χ1n) is 8.20. The maximum atomic E-state index is 12.7. The average Bonchev–Trinajstić information content (AvgIpc) is 3.01. The Bertz CT molecular complexity index is 897. The molecule has 5 nitrogen and oxygen atoms in total. The molecule has 0 spiro atoms. The Hall–Kier alpha value is -2.82. The van der Waals surface area contributed by atoms with E-state index in [-0.39, 0.29) is 5.91 Å². The number of ether oxygens (including phenoxy) is 1. The molecule has 0 atom stereocenters. The predicted molar refractivity (Wildman–Crippen MR) is 93.7 cm³/mol. The van der Waals surface area contributed by atoms with Crippen LogP contribution in [0.3, 0.4) is 0 Å². The quantitative estimate of drug-likeness (QED) is 0.773. The molecule has 2 heterocycles. The normalized spacial score (nSPS) is 13.5. The molecular formula is C19H19N3O2. The van der Waals surface area contributed by atoms with Crippen LogP contribution in [0.25, 0.3) is 10.9 Å². The van der Waals surface area contributed by atoms with Crippen LogP contribution < -0.4 is 10.1 Å². The second-order valence-electron chi connectivity index (χ2n) is 6.06. The van der Waals surface area contributed by atoms with Gasteiger partial charge in [0.1, 0.15) is 0 Å². The summed E-state index contributed by atoms with van der Waals surface area (Å²) in [6.07, 6.45) is 6.17. The molecule has 1 aliphatic carbocycles. The zero-order valence-electron chi connectivity index (χ0n) is 13.6. The maximum absolute atomic E-state index is 12.7. The average molecular weight is 321 g/mol. The van der Waals surface area contributed by atoms with E-state index in [0.29, 0.717) is 17.1 Å². The Balaban J connectivity index is 1.67. The number of rotatable bonds is 3. The molecular weight excluding hydrogens is 302 g/mol. The van der Waals surface area contributed by atoms with Gasteiger partial charge >= 0.3 is 0 Å². The van der Waals surface area contributed by atoms with E-state index in [2.05, 4.69) is 21.4 Å². The third-order valence-electron chi connectivity index (χ3n) is 4.58. The van der Waals surface area contributed by atoms with Crippen molar-refractivity contribution in [3.63, 3.8) is 0 Å². The van der Waals surface area contributed by atoms with Crippen molar-refractivity contribution < 1.29 is 9.53 Å². The summed E-state index contributed by atoms with van der Waals surface area (Å²) in [7, 11) is 1.56. The fourth-order valence-corrected chi connectivity index (χ4v) is 3.39. The van der Waals surface area contributed by atoms with Gasteiger partial charge in [0.15, 0.2) is 0 Å².